The molecule has 1 aromatic rings. The maximum absolute atomic E-state index is 13.0. The second-order valence-corrected chi connectivity index (χ2v) is 8.41. The van der Waals surface area contributed by atoms with E-state index < -0.39 is 0 Å². The SMILES string of the molecule is COc1ccc(C(=O)N2CCC3(CC2)CC(OCCOC(C)C)CCO3)c(C)c1. The summed E-state index contributed by atoms with van der Waals surface area (Å²) < 4.78 is 23.1. The van der Waals surface area contributed by atoms with E-state index in [4.69, 9.17) is 18.9 Å². The molecule has 0 bridgehead atoms. The molecule has 2 fully saturated rings. The maximum Gasteiger partial charge on any atom is 0.254 e. The van der Waals surface area contributed by atoms with E-state index in [9.17, 15) is 4.79 Å². The Hall–Kier alpha value is -1.63. The Bertz CT molecular complexity index is 682. The topological polar surface area (TPSA) is 57.2 Å². The van der Waals surface area contributed by atoms with Crippen LogP contribution in [0.2, 0.25) is 0 Å². The minimum Gasteiger partial charge on any atom is -0.497 e. The van der Waals surface area contributed by atoms with Gasteiger partial charge in [0, 0.05) is 31.7 Å². The second-order valence-electron chi connectivity index (χ2n) is 8.41. The van der Waals surface area contributed by atoms with Gasteiger partial charge in [-0.25, -0.2) is 0 Å². The molecule has 2 saturated heterocycles. The third kappa shape index (κ3) is 5.71. The van der Waals surface area contributed by atoms with E-state index in [0.29, 0.717) is 26.3 Å². The zero-order valence-corrected chi connectivity index (χ0v) is 18.2. The summed E-state index contributed by atoms with van der Waals surface area (Å²) in [7, 11) is 1.64. The van der Waals surface area contributed by atoms with Crippen molar-refractivity contribution in [2.75, 3.05) is 40.0 Å². The van der Waals surface area contributed by atoms with Crippen molar-refractivity contribution in [3.05, 3.63) is 29.3 Å². The number of benzene rings is 1. The summed E-state index contributed by atoms with van der Waals surface area (Å²) in [5.74, 6) is 0.867. The largest absolute Gasteiger partial charge is 0.497 e. The van der Waals surface area contributed by atoms with Crippen LogP contribution in [0.15, 0.2) is 18.2 Å². The molecule has 29 heavy (non-hydrogen) atoms. The minimum atomic E-state index is -0.159. The monoisotopic (exact) mass is 405 g/mol. The van der Waals surface area contributed by atoms with Crippen LogP contribution in [-0.4, -0.2) is 68.6 Å². The number of carbonyl (C=O) groups is 1. The number of amides is 1. The van der Waals surface area contributed by atoms with E-state index in [2.05, 4.69) is 0 Å². The van der Waals surface area contributed by atoms with Gasteiger partial charge < -0.3 is 23.8 Å². The summed E-state index contributed by atoms with van der Waals surface area (Å²) >= 11 is 0. The predicted octanol–water partition coefficient (Wildman–Crippen LogP) is 3.60. The normalized spacial score (nSPS) is 21.6. The van der Waals surface area contributed by atoms with Crippen molar-refractivity contribution in [3.63, 3.8) is 0 Å². The number of hydrogen-bond acceptors (Lipinski definition) is 5. The van der Waals surface area contributed by atoms with Crippen molar-refractivity contribution in [2.45, 2.75) is 64.3 Å². The Kier molecular flexibility index (Phi) is 7.55. The van der Waals surface area contributed by atoms with Crippen LogP contribution in [0, 0.1) is 6.92 Å². The molecule has 2 aliphatic rings. The zero-order chi connectivity index (χ0) is 20.9. The van der Waals surface area contributed by atoms with Crippen molar-refractivity contribution in [2.24, 2.45) is 0 Å². The number of likely N-dealkylation sites (tertiary alicyclic amines) is 1. The quantitative estimate of drug-likeness (QED) is 0.649. The molecule has 2 aliphatic heterocycles. The summed E-state index contributed by atoms with van der Waals surface area (Å²) in [6, 6.07) is 5.62. The number of carbonyl (C=O) groups excluding carboxylic acids is 1. The van der Waals surface area contributed by atoms with Gasteiger partial charge in [0.05, 0.1) is 38.1 Å². The summed E-state index contributed by atoms with van der Waals surface area (Å²) in [5, 5.41) is 0. The number of methoxy groups -OCH3 is 1. The van der Waals surface area contributed by atoms with Crippen LogP contribution in [0.3, 0.4) is 0 Å². The van der Waals surface area contributed by atoms with Crippen molar-refractivity contribution in [3.8, 4) is 5.75 Å². The summed E-state index contributed by atoms with van der Waals surface area (Å²) in [6.07, 6.45) is 3.99. The van der Waals surface area contributed by atoms with Gasteiger partial charge in [-0.15, -0.1) is 0 Å². The fourth-order valence-corrected chi connectivity index (χ4v) is 4.26. The fourth-order valence-electron chi connectivity index (χ4n) is 4.26. The van der Waals surface area contributed by atoms with Gasteiger partial charge in [0.2, 0.25) is 0 Å². The fraction of sp³-hybridized carbons (Fsp3) is 0.696. The molecule has 2 heterocycles. The van der Waals surface area contributed by atoms with Crippen LogP contribution in [0.5, 0.6) is 5.75 Å². The third-order valence-corrected chi connectivity index (χ3v) is 5.96. The van der Waals surface area contributed by atoms with Crippen LogP contribution >= 0.6 is 0 Å². The van der Waals surface area contributed by atoms with Gasteiger partial charge in [-0.05, 0) is 63.8 Å². The standard InChI is InChI=1S/C23H35NO5/c1-17(2)27-13-14-28-20-7-12-29-23(16-20)8-10-24(11-9-23)22(25)21-6-5-19(26-4)15-18(21)3/h5-6,15,17,20H,7-14,16H2,1-4H3. The predicted molar refractivity (Wildman–Crippen MR) is 112 cm³/mol. The third-order valence-electron chi connectivity index (χ3n) is 5.96. The molecule has 0 saturated carbocycles. The number of rotatable bonds is 7. The molecule has 6 nitrogen and oxygen atoms in total. The molecule has 1 unspecified atom stereocenters. The smallest absolute Gasteiger partial charge is 0.254 e. The van der Waals surface area contributed by atoms with E-state index in [-0.39, 0.29) is 23.7 Å². The molecule has 1 spiro atoms. The molecule has 0 N–H and O–H groups in total. The van der Waals surface area contributed by atoms with E-state index in [0.717, 1.165) is 49.2 Å². The number of aryl methyl sites for hydroxylation is 1. The highest BCUT2D eigenvalue weighted by Gasteiger charge is 2.41. The first-order valence-corrected chi connectivity index (χ1v) is 10.7. The Morgan fingerprint density at radius 3 is 2.69 bits per heavy atom. The number of ether oxygens (including phenoxy) is 4. The molecule has 0 aliphatic carbocycles. The summed E-state index contributed by atoms with van der Waals surface area (Å²) in [5.41, 5.74) is 1.53. The number of hydrogen-bond donors (Lipinski definition) is 0. The van der Waals surface area contributed by atoms with Gasteiger partial charge in [0.25, 0.3) is 5.91 Å². The van der Waals surface area contributed by atoms with E-state index in [1.54, 1.807) is 7.11 Å². The van der Waals surface area contributed by atoms with Crippen LogP contribution < -0.4 is 4.74 Å². The molecule has 1 amide bonds. The average Bonchev–Trinajstić information content (AvgIpc) is 2.71. The molecule has 3 rings (SSSR count). The van der Waals surface area contributed by atoms with Crippen molar-refractivity contribution in [1.82, 2.24) is 4.90 Å². The maximum atomic E-state index is 13.0. The lowest BCUT2D eigenvalue weighted by atomic mass is 9.83. The molecular formula is C23H35NO5. The van der Waals surface area contributed by atoms with Gasteiger partial charge in [0.1, 0.15) is 5.75 Å². The molecule has 6 heteroatoms. The number of nitrogens with zero attached hydrogens (tertiary/aromatic N) is 1. The zero-order valence-electron chi connectivity index (χ0n) is 18.2. The minimum absolute atomic E-state index is 0.0921. The molecule has 0 radical (unpaired) electrons. The van der Waals surface area contributed by atoms with Crippen LogP contribution in [0.4, 0.5) is 0 Å². The first-order valence-electron chi connectivity index (χ1n) is 10.7. The lowest BCUT2D eigenvalue weighted by Crippen LogP contribution is -2.52. The number of piperidine rings is 1. The van der Waals surface area contributed by atoms with Crippen molar-refractivity contribution in [1.29, 1.82) is 0 Å². The molecule has 1 atom stereocenters. The van der Waals surface area contributed by atoms with Gasteiger partial charge >= 0.3 is 0 Å². The van der Waals surface area contributed by atoms with Gasteiger partial charge in [-0.1, -0.05) is 0 Å². The molecular weight excluding hydrogens is 370 g/mol. The average molecular weight is 406 g/mol. The lowest BCUT2D eigenvalue weighted by Gasteiger charge is -2.46. The van der Waals surface area contributed by atoms with Crippen LogP contribution in [-0.2, 0) is 14.2 Å². The Morgan fingerprint density at radius 2 is 2.03 bits per heavy atom. The van der Waals surface area contributed by atoms with Gasteiger partial charge in [-0.3, -0.25) is 4.79 Å². The first kappa shape index (κ1) is 22.1. The molecule has 0 aromatic heterocycles. The Labute approximate surface area is 174 Å². The highest BCUT2D eigenvalue weighted by molar-refractivity contribution is 5.95. The highest BCUT2D eigenvalue weighted by atomic mass is 16.5. The van der Waals surface area contributed by atoms with E-state index in [1.165, 1.54) is 0 Å². The Morgan fingerprint density at radius 1 is 1.28 bits per heavy atom. The van der Waals surface area contributed by atoms with Crippen molar-refractivity contribution >= 4 is 5.91 Å². The van der Waals surface area contributed by atoms with Gasteiger partial charge in [0.15, 0.2) is 0 Å². The van der Waals surface area contributed by atoms with Crippen molar-refractivity contribution < 1.29 is 23.7 Å². The van der Waals surface area contributed by atoms with E-state index >= 15 is 0 Å². The van der Waals surface area contributed by atoms with Crippen LogP contribution in [0.1, 0.15) is 55.5 Å². The lowest BCUT2D eigenvalue weighted by molar-refractivity contribution is -0.156. The Balaban J connectivity index is 1.52. The highest BCUT2D eigenvalue weighted by Crippen LogP contribution is 2.36. The second kappa shape index (κ2) is 9.92. The van der Waals surface area contributed by atoms with Crippen LogP contribution in [0.25, 0.3) is 0 Å². The van der Waals surface area contributed by atoms with E-state index in [1.807, 2.05) is 43.9 Å². The summed E-state index contributed by atoms with van der Waals surface area (Å²) in [6.45, 7) is 9.43. The molecule has 1 aromatic carbocycles. The first-order chi connectivity index (χ1) is 13.9. The van der Waals surface area contributed by atoms with Gasteiger partial charge in [-0.2, -0.15) is 0 Å². The molecule has 162 valence electrons. The summed E-state index contributed by atoms with van der Waals surface area (Å²) in [4.78, 5) is 14.9.